The molecule has 0 spiro atoms. The lowest BCUT2D eigenvalue weighted by Gasteiger charge is -2.48. The average molecular weight is 322 g/mol. The van der Waals surface area contributed by atoms with Crippen molar-refractivity contribution < 1.29 is 9.53 Å². The van der Waals surface area contributed by atoms with Crippen LogP contribution in [0.2, 0.25) is 0 Å². The Morgan fingerprint density at radius 2 is 1.61 bits per heavy atom. The highest BCUT2D eigenvalue weighted by Gasteiger charge is 2.46. The second kappa shape index (κ2) is 7.52. The standard InChI is InChI=1S/C19H34N2O2/c1-23-16-18(9-8-10-18)15-20-17(22)19(11-4-2-5-12-19)21-13-6-3-7-14-21/h2-16H2,1H3,(H,20,22). The van der Waals surface area contributed by atoms with Crippen molar-refractivity contribution in [1.82, 2.24) is 10.2 Å². The van der Waals surface area contributed by atoms with Crippen molar-refractivity contribution in [1.29, 1.82) is 0 Å². The maximum atomic E-state index is 13.2. The Morgan fingerprint density at radius 3 is 2.17 bits per heavy atom. The van der Waals surface area contributed by atoms with Crippen LogP contribution >= 0.6 is 0 Å². The number of nitrogens with zero attached hydrogens (tertiary/aromatic N) is 1. The van der Waals surface area contributed by atoms with Crippen LogP contribution in [0.3, 0.4) is 0 Å². The van der Waals surface area contributed by atoms with Gasteiger partial charge in [-0.1, -0.05) is 32.1 Å². The van der Waals surface area contributed by atoms with Gasteiger partial charge in [0.05, 0.1) is 6.61 Å². The molecule has 2 aliphatic carbocycles. The van der Waals surface area contributed by atoms with Crippen LogP contribution in [0.1, 0.15) is 70.6 Å². The lowest BCUT2D eigenvalue weighted by atomic mass is 9.69. The summed E-state index contributed by atoms with van der Waals surface area (Å²) in [5.74, 6) is 0.307. The van der Waals surface area contributed by atoms with E-state index in [1.807, 2.05) is 0 Å². The van der Waals surface area contributed by atoms with Gasteiger partial charge in [-0.05, 0) is 51.6 Å². The molecule has 1 aliphatic heterocycles. The molecule has 1 saturated heterocycles. The van der Waals surface area contributed by atoms with Crippen LogP contribution in [-0.2, 0) is 9.53 Å². The number of carbonyl (C=O) groups is 1. The first kappa shape index (κ1) is 17.2. The molecule has 23 heavy (non-hydrogen) atoms. The number of rotatable bonds is 6. The summed E-state index contributed by atoms with van der Waals surface area (Å²) in [5.41, 5.74) is -0.00115. The second-order valence-electron chi connectivity index (χ2n) is 8.11. The summed E-state index contributed by atoms with van der Waals surface area (Å²) >= 11 is 0. The van der Waals surface area contributed by atoms with Gasteiger partial charge in [-0.3, -0.25) is 9.69 Å². The van der Waals surface area contributed by atoms with E-state index in [9.17, 15) is 4.79 Å². The number of hydrogen-bond donors (Lipinski definition) is 1. The normalized spacial score (nSPS) is 27.2. The molecular formula is C19H34N2O2. The van der Waals surface area contributed by atoms with E-state index in [1.54, 1.807) is 7.11 Å². The number of piperidine rings is 1. The molecular weight excluding hydrogens is 288 g/mol. The minimum Gasteiger partial charge on any atom is -0.384 e. The minimum absolute atomic E-state index is 0.210. The van der Waals surface area contributed by atoms with Crippen LogP contribution in [0, 0.1) is 5.41 Å². The highest BCUT2D eigenvalue weighted by molar-refractivity contribution is 5.86. The lowest BCUT2D eigenvalue weighted by molar-refractivity contribution is -0.138. The van der Waals surface area contributed by atoms with Gasteiger partial charge in [0.1, 0.15) is 5.54 Å². The van der Waals surface area contributed by atoms with Gasteiger partial charge < -0.3 is 10.1 Å². The van der Waals surface area contributed by atoms with Gasteiger partial charge in [0.25, 0.3) is 0 Å². The van der Waals surface area contributed by atoms with Crippen LogP contribution in [0.15, 0.2) is 0 Å². The predicted octanol–water partition coefficient (Wildman–Crippen LogP) is 3.11. The number of methoxy groups -OCH3 is 1. The van der Waals surface area contributed by atoms with E-state index in [2.05, 4.69) is 10.2 Å². The van der Waals surface area contributed by atoms with Crippen molar-refractivity contribution in [3.8, 4) is 0 Å². The van der Waals surface area contributed by atoms with Crippen LogP contribution in [-0.4, -0.2) is 49.7 Å². The third kappa shape index (κ3) is 3.58. The van der Waals surface area contributed by atoms with E-state index in [1.165, 1.54) is 57.8 Å². The summed E-state index contributed by atoms with van der Waals surface area (Å²) in [6.45, 7) is 3.80. The molecule has 2 saturated carbocycles. The molecule has 1 heterocycles. The van der Waals surface area contributed by atoms with Gasteiger partial charge in [0.15, 0.2) is 0 Å². The molecule has 0 radical (unpaired) electrons. The molecule has 0 aromatic carbocycles. The molecule has 4 heteroatoms. The van der Waals surface area contributed by atoms with Crippen molar-refractivity contribution in [3.63, 3.8) is 0 Å². The minimum atomic E-state index is -0.212. The van der Waals surface area contributed by atoms with Crippen molar-refractivity contribution >= 4 is 5.91 Å². The van der Waals surface area contributed by atoms with Crippen LogP contribution < -0.4 is 5.32 Å². The Bertz CT molecular complexity index is 394. The molecule has 1 amide bonds. The topological polar surface area (TPSA) is 41.6 Å². The van der Waals surface area contributed by atoms with Crippen molar-refractivity contribution in [2.45, 2.75) is 76.2 Å². The first-order valence-electron chi connectivity index (χ1n) is 9.73. The van der Waals surface area contributed by atoms with E-state index in [4.69, 9.17) is 4.74 Å². The summed E-state index contributed by atoms with van der Waals surface area (Å²) in [5, 5.41) is 3.36. The Hall–Kier alpha value is -0.610. The molecule has 0 unspecified atom stereocenters. The van der Waals surface area contributed by atoms with Crippen molar-refractivity contribution in [2.24, 2.45) is 5.41 Å². The second-order valence-corrected chi connectivity index (χ2v) is 8.11. The van der Waals surface area contributed by atoms with E-state index in [-0.39, 0.29) is 11.0 Å². The zero-order valence-corrected chi connectivity index (χ0v) is 14.9. The molecule has 0 aromatic heterocycles. The number of hydrogen-bond acceptors (Lipinski definition) is 3. The number of likely N-dealkylation sites (tertiary alicyclic amines) is 1. The van der Waals surface area contributed by atoms with Crippen molar-refractivity contribution in [3.05, 3.63) is 0 Å². The lowest BCUT2D eigenvalue weighted by Crippen LogP contribution is -2.62. The molecule has 0 atom stereocenters. The molecule has 3 rings (SSSR count). The van der Waals surface area contributed by atoms with Crippen LogP contribution in [0.5, 0.6) is 0 Å². The Balaban J connectivity index is 1.65. The highest BCUT2D eigenvalue weighted by atomic mass is 16.5. The quantitative estimate of drug-likeness (QED) is 0.817. The number of amides is 1. The fourth-order valence-electron chi connectivity index (χ4n) is 4.93. The molecule has 0 bridgehead atoms. The first-order valence-corrected chi connectivity index (χ1v) is 9.73. The smallest absolute Gasteiger partial charge is 0.240 e. The fourth-order valence-corrected chi connectivity index (χ4v) is 4.93. The van der Waals surface area contributed by atoms with Crippen molar-refractivity contribution in [2.75, 3.05) is 33.4 Å². The Kier molecular flexibility index (Phi) is 5.63. The number of carbonyl (C=O) groups excluding carboxylic acids is 1. The Labute approximate surface area is 141 Å². The molecule has 3 fully saturated rings. The number of nitrogens with one attached hydrogen (secondary N) is 1. The van der Waals surface area contributed by atoms with Gasteiger partial charge in [-0.2, -0.15) is 0 Å². The number of ether oxygens (including phenoxy) is 1. The largest absolute Gasteiger partial charge is 0.384 e. The molecule has 132 valence electrons. The van der Waals surface area contributed by atoms with E-state index < -0.39 is 0 Å². The maximum absolute atomic E-state index is 13.2. The summed E-state index contributed by atoms with van der Waals surface area (Å²) in [4.78, 5) is 15.7. The van der Waals surface area contributed by atoms with Gasteiger partial charge >= 0.3 is 0 Å². The van der Waals surface area contributed by atoms with E-state index in [0.717, 1.165) is 39.1 Å². The molecule has 0 aromatic rings. The third-order valence-electron chi connectivity index (χ3n) is 6.55. The van der Waals surface area contributed by atoms with Gasteiger partial charge in [0.2, 0.25) is 5.91 Å². The SMILES string of the molecule is COCC1(CNC(=O)C2(N3CCCCC3)CCCCC2)CCC1. The molecule has 4 nitrogen and oxygen atoms in total. The summed E-state index contributed by atoms with van der Waals surface area (Å²) in [7, 11) is 1.78. The van der Waals surface area contributed by atoms with Gasteiger partial charge in [-0.25, -0.2) is 0 Å². The van der Waals surface area contributed by atoms with E-state index in [0.29, 0.717) is 5.91 Å². The van der Waals surface area contributed by atoms with E-state index >= 15 is 0 Å². The zero-order chi connectivity index (χ0) is 16.2. The monoisotopic (exact) mass is 322 g/mol. The summed E-state index contributed by atoms with van der Waals surface area (Å²) in [6, 6.07) is 0. The molecule has 3 aliphatic rings. The van der Waals surface area contributed by atoms with Gasteiger partial charge in [-0.15, -0.1) is 0 Å². The summed E-state index contributed by atoms with van der Waals surface area (Å²) in [6.07, 6.45) is 13.3. The van der Waals surface area contributed by atoms with Crippen LogP contribution in [0.25, 0.3) is 0 Å². The third-order valence-corrected chi connectivity index (χ3v) is 6.55. The zero-order valence-electron chi connectivity index (χ0n) is 14.9. The van der Waals surface area contributed by atoms with Crippen LogP contribution in [0.4, 0.5) is 0 Å². The molecule has 1 N–H and O–H groups in total. The predicted molar refractivity (Wildman–Crippen MR) is 92.4 cm³/mol. The fraction of sp³-hybridized carbons (Fsp3) is 0.947. The highest BCUT2D eigenvalue weighted by Crippen LogP contribution is 2.41. The maximum Gasteiger partial charge on any atom is 0.240 e. The van der Waals surface area contributed by atoms with Gasteiger partial charge in [0, 0.05) is 19.1 Å². The average Bonchev–Trinajstić information content (AvgIpc) is 2.58. The summed E-state index contributed by atoms with van der Waals surface area (Å²) < 4.78 is 5.41. The Morgan fingerprint density at radius 1 is 0.957 bits per heavy atom. The first-order chi connectivity index (χ1) is 11.2.